The molecule has 0 radical (unpaired) electrons. The first-order chi connectivity index (χ1) is 9.70. The molecule has 1 aromatic carbocycles. The average Bonchev–Trinajstić information content (AvgIpc) is 3.05. The summed E-state index contributed by atoms with van der Waals surface area (Å²) in [6, 6.07) is 6.52. The SMILES string of the molecule is Cc1cccc2c1nc(CCl)n2C(C)Cn1ccnc1. The summed E-state index contributed by atoms with van der Waals surface area (Å²) in [6.07, 6.45) is 5.60. The van der Waals surface area contributed by atoms with Crippen molar-refractivity contribution < 1.29 is 0 Å². The number of alkyl halides is 1. The fourth-order valence-electron chi connectivity index (χ4n) is 2.67. The van der Waals surface area contributed by atoms with Crippen molar-refractivity contribution in [2.75, 3.05) is 0 Å². The number of nitrogens with zero attached hydrogens (tertiary/aromatic N) is 4. The molecule has 104 valence electrons. The normalized spacial score (nSPS) is 12.9. The van der Waals surface area contributed by atoms with Gasteiger partial charge in [0.05, 0.1) is 29.3 Å². The molecule has 0 saturated heterocycles. The number of fused-ring (bicyclic) bond motifs is 1. The molecule has 3 aromatic rings. The lowest BCUT2D eigenvalue weighted by Crippen LogP contribution is -2.14. The first-order valence-electron chi connectivity index (χ1n) is 6.69. The quantitative estimate of drug-likeness (QED) is 0.688. The molecule has 2 aromatic heterocycles. The van der Waals surface area contributed by atoms with Crippen LogP contribution in [-0.4, -0.2) is 19.1 Å². The molecule has 0 aliphatic rings. The lowest BCUT2D eigenvalue weighted by Gasteiger charge is -2.17. The Hall–Kier alpha value is -1.81. The Morgan fingerprint density at radius 1 is 1.35 bits per heavy atom. The lowest BCUT2D eigenvalue weighted by molar-refractivity contribution is 0.464. The fraction of sp³-hybridized carbons (Fsp3) is 0.333. The predicted molar refractivity (Wildman–Crippen MR) is 81.0 cm³/mol. The van der Waals surface area contributed by atoms with Gasteiger partial charge in [-0.05, 0) is 25.5 Å². The summed E-state index contributed by atoms with van der Waals surface area (Å²) in [5, 5.41) is 0. The smallest absolute Gasteiger partial charge is 0.125 e. The predicted octanol–water partition coefficient (Wildman–Crippen LogP) is 3.54. The van der Waals surface area contributed by atoms with Gasteiger partial charge in [-0.3, -0.25) is 0 Å². The summed E-state index contributed by atoms with van der Waals surface area (Å²) in [5.41, 5.74) is 3.37. The minimum Gasteiger partial charge on any atom is -0.335 e. The van der Waals surface area contributed by atoms with Crippen LogP contribution in [0.25, 0.3) is 11.0 Å². The largest absolute Gasteiger partial charge is 0.335 e. The van der Waals surface area contributed by atoms with E-state index in [1.165, 1.54) is 5.56 Å². The van der Waals surface area contributed by atoms with Crippen molar-refractivity contribution in [2.24, 2.45) is 0 Å². The van der Waals surface area contributed by atoms with E-state index in [1.807, 2.05) is 12.5 Å². The number of halogens is 1. The monoisotopic (exact) mass is 288 g/mol. The highest BCUT2D eigenvalue weighted by molar-refractivity contribution is 6.16. The highest BCUT2D eigenvalue weighted by Gasteiger charge is 2.16. The Bertz CT molecular complexity index is 715. The van der Waals surface area contributed by atoms with E-state index in [2.05, 4.69) is 51.1 Å². The minimum atomic E-state index is 0.268. The van der Waals surface area contributed by atoms with Crippen LogP contribution in [0.5, 0.6) is 0 Å². The van der Waals surface area contributed by atoms with Gasteiger partial charge in [0.25, 0.3) is 0 Å². The summed E-state index contributed by atoms with van der Waals surface area (Å²) in [6.45, 7) is 5.11. The number of imidazole rings is 2. The molecule has 1 atom stereocenters. The Labute approximate surface area is 123 Å². The second-order valence-corrected chi connectivity index (χ2v) is 5.35. The van der Waals surface area contributed by atoms with Crippen LogP contribution < -0.4 is 0 Å². The molecular formula is C15H17ClN4. The van der Waals surface area contributed by atoms with Crippen molar-refractivity contribution in [1.82, 2.24) is 19.1 Å². The number of rotatable bonds is 4. The second kappa shape index (κ2) is 5.29. The van der Waals surface area contributed by atoms with Crippen LogP contribution in [0.1, 0.15) is 24.4 Å². The summed E-state index contributed by atoms with van der Waals surface area (Å²) < 4.78 is 4.31. The molecule has 4 nitrogen and oxygen atoms in total. The number of hydrogen-bond donors (Lipinski definition) is 0. The Kier molecular flexibility index (Phi) is 3.49. The van der Waals surface area contributed by atoms with E-state index < -0.39 is 0 Å². The van der Waals surface area contributed by atoms with Gasteiger partial charge in [-0.15, -0.1) is 11.6 Å². The van der Waals surface area contributed by atoms with Gasteiger partial charge in [-0.1, -0.05) is 12.1 Å². The zero-order chi connectivity index (χ0) is 14.1. The van der Waals surface area contributed by atoms with Crippen LogP contribution in [0.15, 0.2) is 36.9 Å². The van der Waals surface area contributed by atoms with Gasteiger partial charge < -0.3 is 9.13 Å². The van der Waals surface area contributed by atoms with Gasteiger partial charge in [-0.2, -0.15) is 0 Å². The van der Waals surface area contributed by atoms with Gasteiger partial charge in [0.1, 0.15) is 5.82 Å². The molecule has 3 rings (SSSR count). The first-order valence-corrected chi connectivity index (χ1v) is 7.22. The minimum absolute atomic E-state index is 0.268. The van der Waals surface area contributed by atoms with E-state index >= 15 is 0 Å². The Morgan fingerprint density at radius 2 is 2.20 bits per heavy atom. The molecule has 0 aliphatic heterocycles. The van der Waals surface area contributed by atoms with E-state index in [-0.39, 0.29) is 6.04 Å². The maximum Gasteiger partial charge on any atom is 0.125 e. The third-order valence-electron chi connectivity index (χ3n) is 3.59. The van der Waals surface area contributed by atoms with E-state index in [9.17, 15) is 0 Å². The van der Waals surface area contributed by atoms with Crippen molar-refractivity contribution in [2.45, 2.75) is 32.3 Å². The van der Waals surface area contributed by atoms with E-state index in [0.717, 1.165) is 23.4 Å². The van der Waals surface area contributed by atoms with Crippen LogP contribution in [0.4, 0.5) is 0 Å². The van der Waals surface area contributed by atoms with E-state index in [4.69, 9.17) is 11.6 Å². The van der Waals surface area contributed by atoms with Gasteiger partial charge in [-0.25, -0.2) is 9.97 Å². The van der Waals surface area contributed by atoms with Crippen LogP contribution in [0, 0.1) is 6.92 Å². The zero-order valence-corrected chi connectivity index (χ0v) is 12.4. The van der Waals surface area contributed by atoms with Gasteiger partial charge in [0, 0.05) is 18.9 Å². The number of para-hydroxylation sites is 1. The van der Waals surface area contributed by atoms with Crippen molar-refractivity contribution in [1.29, 1.82) is 0 Å². The highest BCUT2D eigenvalue weighted by atomic mass is 35.5. The van der Waals surface area contributed by atoms with Crippen LogP contribution >= 0.6 is 11.6 Å². The van der Waals surface area contributed by atoms with Crippen molar-refractivity contribution in [3.8, 4) is 0 Å². The summed E-state index contributed by atoms with van der Waals surface area (Å²) in [5.74, 6) is 1.34. The Balaban J connectivity index is 2.07. The first kappa shape index (κ1) is 13.2. The molecule has 5 heteroatoms. The third-order valence-corrected chi connectivity index (χ3v) is 3.83. The van der Waals surface area contributed by atoms with Gasteiger partial charge >= 0.3 is 0 Å². The van der Waals surface area contributed by atoms with Crippen LogP contribution in [-0.2, 0) is 12.4 Å². The maximum absolute atomic E-state index is 6.08. The molecule has 0 fully saturated rings. The molecule has 0 spiro atoms. The number of benzene rings is 1. The van der Waals surface area contributed by atoms with E-state index in [0.29, 0.717) is 5.88 Å². The second-order valence-electron chi connectivity index (χ2n) is 5.08. The topological polar surface area (TPSA) is 35.6 Å². The third kappa shape index (κ3) is 2.20. The fourth-order valence-corrected chi connectivity index (χ4v) is 2.86. The number of aromatic nitrogens is 4. The molecule has 0 bridgehead atoms. The zero-order valence-electron chi connectivity index (χ0n) is 11.6. The number of hydrogen-bond acceptors (Lipinski definition) is 2. The number of aryl methyl sites for hydroxylation is 1. The van der Waals surface area contributed by atoms with Crippen LogP contribution in [0.2, 0.25) is 0 Å². The molecule has 0 N–H and O–H groups in total. The average molecular weight is 289 g/mol. The molecule has 0 amide bonds. The molecule has 2 heterocycles. The molecule has 0 aliphatic carbocycles. The summed E-state index contributed by atoms with van der Waals surface area (Å²) in [7, 11) is 0. The van der Waals surface area contributed by atoms with Gasteiger partial charge in [0.2, 0.25) is 0 Å². The Morgan fingerprint density at radius 3 is 2.90 bits per heavy atom. The molecular weight excluding hydrogens is 272 g/mol. The lowest BCUT2D eigenvalue weighted by atomic mass is 10.2. The van der Waals surface area contributed by atoms with Crippen molar-refractivity contribution in [3.63, 3.8) is 0 Å². The molecule has 0 saturated carbocycles. The van der Waals surface area contributed by atoms with E-state index in [1.54, 1.807) is 6.20 Å². The highest BCUT2D eigenvalue weighted by Crippen LogP contribution is 2.25. The van der Waals surface area contributed by atoms with Crippen LogP contribution in [0.3, 0.4) is 0 Å². The molecule has 20 heavy (non-hydrogen) atoms. The summed E-state index contributed by atoms with van der Waals surface area (Å²) >= 11 is 6.08. The van der Waals surface area contributed by atoms with Crippen molar-refractivity contribution in [3.05, 3.63) is 48.3 Å². The summed E-state index contributed by atoms with van der Waals surface area (Å²) in [4.78, 5) is 8.77. The van der Waals surface area contributed by atoms with Gasteiger partial charge in [0.15, 0.2) is 0 Å². The standard InChI is InChI=1S/C15H17ClN4/c1-11-4-3-5-13-15(11)18-14(8-16)20(13)12(2)9-19-7-6-17-10-19/h3-7,10,12H,8-9H2,1-2H3. The molecule has 1 unspecified atom stereocenters. The maximum atomic E-state index is 6.08. The van der Waals surface area contributed by atoms with Crippen molar-refractivity contribution >= 4 is 22.6 Å².